The van der Waals surface area contributed by atoms with E-state index in [1.807, 2.05) is 0 Å². The van der Waals surface area contributed by atoms with E-state index in [0.717, 1.165) is 5.76 Å². The Morgan fingerprint density at radius 3 is 3.06 bits per heavy atom. The highest BCUT2D eigenvalue weighted by Gasteiger charge is 2.13. The molecular formula is C12H12FN3O2. The van der Waals surface area contributed by atoms with Crippen molar-refractivity contribution in [2.45, 2.75) is 6.42 Å². The van der Waals surface area contributed by atoms with Gasteiger partial charge in [-0.25, -0.2) is 9.37 Å². The van der Waals surface area contributed by atoms with Crippen LogP contribution in [-0.2, 0) is 6.42 Å². The Kier molecular flexibility index (Phi) is 3.57. The van der Waals surface area contributed by atoms with Crippen LogP contribution < -0.4 is 11.1 Å². The summed E-state index contributed by atoms with van der Waals surface area (Å²) in [6, 6.07) is 4.85. The van der Waals surface area contributed by atoms with Crippen molar-refractivity contribution < 1.29 is 13.6 Å². The molecule has 2 rings (SSSR count). The van der Waals surface area contributed by atoms with Gasteiger partial charge in [0.05, 0.1) is 11.8 Å². The summed E-state index contributed by atoms with van der Waals surface area (Å²) in [6.45, 7) is 0.355. The molecule has 0 spiro atoms. The molecule has 3 N–H and O–H groups in total. The molecule has 0 unspecified atom stereocenters. The van der Waals surface area contributed by atoms with Crippen molar-refractivity contribution in [1.29, 1.82) is 0 Å². The highest BCUT2D eigenvalue weighted by atomic mass is 19.1. The maximum absolute atomic E-state index is 13.5. The van der Waals surface area contributed by atoms with Crippen molar-refractivity contribution in [3.05, 3.63) is 47.8 Å². The van der Waals surface area contributed by atoms with Gasteiger partial charge >= 0.3 is 0 Å². The molecule has 2 aromatic rings. The molecule has 0 atom stereocenters. The number of hydrogen-bond acceptors (Lipinski definition) is 4. The van der Waals surface area contributed by atoms with Gasteiger partial charge in [0.15, 0.2) is 11.6 Å². The molecule has 0 saturated carbocycles. The maximum atomic E-state index is 13.5. The molecule has 0 aliphatic rings. The number of carbonyl (C=O) groups is 1. The van der Waals surface area contributed by atoms with Gasteiger partial charge in [-0.2, -0.15) is 0 Å². The van der Waals surface area contributed by atoms with Gasteiger partial charge in [-0.15, -0.1) is 0 Å². The molecule has 2 heterocycles. The molecule has 0 aliphatic carbocycles. The van der Waals surface area contributed by atoms with Crippen LogP contribution in [0, 0.1) is 5.82 Å². The lowest BCUT2D eigenvalue weighted by Crippen LogP contribution is -2.26. The van der Waals surface area contributed by atoms with Gasteiger partial charge in [0.1, 0.15) is 5.76 Å². The third-order valence-corrected chi connectivity index (χ3v) is 2.40. The predicted molar refractivity (Wildman–Crippen MR) is 63.4 cm³/mol. The maximum Gasteiger partial charge on any atom is 0.254 e. The van der Waals surface area contributed by atoms with Crippen molar-refractivity contribution in [3.8, 4) is 0 Å². The second kappa shape index (κ2) is 5.31. The number of amides is 1. The molecule has 18 heavy (non-hydrogen) atoms. The number of nitrogens with two attached hydrogens (primary N) is 1. The minimum atomic E-state index is -0.798. The summed E-state index contributed by atoms with van der Waals surface area (Å²) in [6.07, 6.45) is 3.39. The Morgan fingerprint density at radius 1 is 1.50 bits per heavy atom. The van der Waals surface area contributed by atoms with Crippen molar-refractivity contribution in [2.24, 2.45) is 0 Å². The van der Waals surface area contributed by atoms with E-state index in [1.165, 1.54) is 12.3 Å². The summed E-state index contributed by atoms with van der Waals surface area (Å²) in [5, 5.41) is 2.58. The minimum absolute atomic E-state index is 0.109. The summed E-state index contributed by atoms with van der Waals surface area (Å²) >= 11 is 0. The molecule has 0 saturated heterocycles. The number of hydrogen-bond donors (Lipinski definition) is 2. The lowest BCUT2D eigenvalue weighted by Gasteiger charge is -2.05. The van der Waals surface area contributed by atoms with Crippen molar-refractivity contribution >= 4 is 11.7 Å². The summed E-state index contributed by atoms with van der Waals surface area (Å²) < 4.78 is 18.6. The Bertz CT molecular complexity index is 540. The molecule has 6 heteroatoms. The average molecular weight is 249 g/mol. The molecule has 2 aromatic heterocycles. The van der Waals surface area contributed by atoms with Gasteiger partial charge in [-0.1, -0.05) is 0 Å². The largest absolute Gasteiger partial charge is 0.469 e. The lowest BCUT2D eigenvalue weighted by molar-refractivity contribution is 0.0949. The predicted octanol–water partition coefficient (Wildman–Crippen LogP) is 1.37. The zero-order chi connectivity index (χ0) is 13.0. The first-order valence-electron chi connectivity index (χ1n) is 5.39. The average Bonchev–Trinajstić information content (AvgIpc) is 2.85. The van der Waals surface area contributed by atoms with E-state index < -0.39 is 11.7 Å². The number of halogens is 1. The smallest absolute Gasteiger partial charge is 0.254 e. The fourth-order valence-corrected chi connectivity index (χ4v) is 1.48. The van der Waals surface area contributed by atoms with E-state index in [4.69, 9.17) is 10.2 Å². The molecule has 94 valence electrons. The van der Waals surface area contributed by atoms with Gasteiger partial charge in [0, 0.05) is 19.2 Å². The van der Waals surface area contributed by atoms with Crippen molar-refractivity contribution in [1.82, 2.24) is 10.3 Å². The Balaban J connectivity index is 1.93. The van der Waals surface area contributed by atoms with E-state index in [0.29, 0.717) is 13.0 Å². The van der Waals surface area contributed by atoms with Crippen molar-refractivity contribution in [2.75, 3.05) is 12.3 Å². The number of carbonyl (C=O) groups excluding carboxylic acids is 1. The van der Waals surface area contributed by atoms with E-state index in [-0.39, 0.29) is 11.4 Å². The lowest BCUT2D eigenvalue weighted by atomic mass is 10.2. The topological polar surface area (TPSA) is 81.1 Å². The van der Waals surface area contributed by atoms with Crippen LogP contribution in [-0.4, -0.2) is 17.4 Å². The van der Waals surface area contributed by atoms with E-state index in [1.54, 1.807) is 18.4 Å². The van der Waals surface area contributed by atoms with Crippen LogP contribution in [0.3, 0.4) is 0 Å². The van der Waals surface area contributed by atoms with Crippen LogP contribution in [0.15, 0.2) is 35.1 Å². The number of nitrogens with one attached hydrogen (secondary N) is 1. The monoisotopic (exact) mass is 249 g/mol. The van der Waals surface area contributed by atoms with Crippen molar-refractivity contribution in [3.63, 3.8) is 0 Å². The van der Waals surface area contributed by atoms with Crippen LogP contribution >= 0.6 is 0 Å². The number of nitrogen functional groups attached to an aromatic ring is 1. The Morgan fingerprint density at radius 2 is 2.33 bits per heavy atom. The Hall–Kier alpha value is -2.37. The zero-order valence-corrected chi connectivity index (χ0v) is 9.52. The molecule has 0 radical (unpaired) electrons. The summed E-state index contributed by atoms with van der Waals surface area (Å²) in [5.74, 6) is -0.847. The first kappa shape index (κ1) is 12.1. The number of pyridine rings is 1. The first-order chi connectivity index (χ1) is 8.68. The molecule has 5 nitrogen and oxygen atoms in total. The fraction of sp³-hybridized carbons (Fsp3) is 0.167. The van der Waals surface area contributed by atoms with Gasteiger partial charge in [0.25, 0.3) is 5.91 Å². The van der Waals surface area contributed by atoms with Crippen LogP contribution in [0.5, 0.6) is 0 Å². The van der Waals surface area contributed by atoms with Crippen LogP contribution in [0.2, 0.25) is 0 Å². The van der Waals surface area contributed by atoms with Crippen LogP contribution in [0.1, 0.15) is 16.1 Å². The van der Waals surface area contributed by atoms with E-state index >= 15 is 0 Å². The standard InChI is InChI=1S/C12H12FN3O2/c13-10-9(4-6-15-11(10)14)12(17)16-5-3-8-2-1-7-18-8/h1-2,4,6-7H,3,5H2,(H2,14,15)(H,16,17). The van der Waals surface area contributed by atoms with Gasteiger partial charge in [-0.05, 0) is 18.2 Å². The highest BCUT2D eigenvalue weighted by molar-refractivity contribution is 5.95. The van der Waals surface area contributed by atoms with Gasteiger partial charge in [0.2, 0.25) is 0 Å². The van der Waals surface area contributed by atoms with E-state index in [2.05, 4.69) is 10.3 Å². The van der Waals surface area contributed by atoms with Gasteiger partial charge in [-0.3, -0.25) is 4.79 Å². The third kappa shape index (κ3) is 2.65. The molecule has 0 bridgehead atoms. The third-order valence-electron chi connectivity index (χ3n) is 2.40. The van der Waals surface area contributed by atoms with Crippen LogP contribution in [0.25, 0.3) is 0 Å². The SMILES string of the molecule is Nc1nccc(C(=O)NCCc2ccco2)c1F. The highest BCUT2D eigenvalue weighted by Crippen LogP contribution is 2.11. The van der Waals surface area contributed by atoms with Crippen LogP contribution in [0.4, 0.5) is 10.2 Å². The number of rotatable bonds is 4. The normalized spacial score (nSPS) is 10.3. The number of nitrogens with zero attached hydrogens (tertiary/aromatic N) is 1. The molecular weight excluding hydrogens is 237 g/mol. The minimum Gasteiger partial charge on any atom is -0.469 e. The summed E-state index contributed by atoms with van der Waals surface area (Å²) in [7, 11) is 0. The Labute approximate surface area is 103 Å². The molecule has 0 fully saturated rings. The van der Waals surface area contributed by atoms with E-state index in [9.17, 15) is 9.18 Å². The molecule has 1 amide bonds. The van der Waals surface area contributed by atoms with Gasteiger partial charge < -0.3 is 15.5 Å². The summed E-state index contributed by atoms with van der Waals surface area (Å²) in [5.41, 5.74) is 5.17. The number of anilines is 1. The zero-order valence-electron chi connectivity index (χ0n) is 9.52. The fourth-order valence-electron chi connectivity index (χ4n) is 1.48. The quantitative estimate of drug-likeness (QED) is 0.857. The first-order valence-corrected chi connectivity index (χ1v) is 5.39. The number of aromatic nitrogens is 1. The molecule has 0 aromatic carbocycles. The molecule has 0 aliphatic heterocycles. The second-order valence-electron chi connectivity index (χ2n) is 3.64. The second-order valence-corrected chi connectivity index (χ2v) is 3.64. The number of furan rings is 1. The summed E-state index contributed by atoms with van der Waals surface area (Å²) in [4.78, 5) is 15.2.